The fourth-order valence-electron chi connectivity index (χ4n) is 5.34. The van der Waals surface area contributed by atoms with E-state index in [4.69, 9.17) is 0 Å². The number of amides is 1. The number of piperazine rings is 1. The summed E-state index contributed by atoms with van der Waals surface area (Å²) in [6.07, 6.45) is 3.98. The largest absolute Gasteiger partial charge is 0.481 e. The minimum Gasteiger partial charge on any atom is -0.481 e. The Morgan fingerprint density at radius 1 is 0.962 bits per heavy atom. The molecule has 5 heteroatoms. The number of hydrogen-bond donors (Lipinski definition) is 1. The summed E-state index contributed by atoms with van der Waals surface area (Å²) in [5.41, 5.74) is 1.34. The van der Waals surface area contributed by atoms with Crippen LogP contribution in [0, 0.1) is 23.7 Å². The standard InChI is InChI=1S/C21H28N2O3/c24-20(18-16-6-7-17(14-16)19(18)21(25)26)23-12-10-22(11-13-23)9-8-15-4-2-1-3-5-15/h1-5,16-19H,6-14H2,(H,25,26)/t16-,17-,18-,19+/m0/s1. The maximum Gasteiger partial charge on any atom is 0.307 e. The van der Waals surface area contributed by atoms with Crippen molar-refractivity contribution in [2.45, 2.75) is 25.7 Å². The van der Waals surface area contributed by atoms with E-state index in [2.05, 4.69) is 29.2 Å². The molecule has 0 spiro atoms. The number of hydrogen-bond acceptors (Lipinski definition) is 3. The lowest BCUT2D eigenvalue weighted by Crippen LogP contribution is -2.52. The van der Waals surface area contributed by atoms with Crippen molar-refractivity contribution in [2.24, 2.45) is 23.7 Å². The first kappa shape index (κ1) is 17.5. The van der Waals surface area contributed by atoms with E-state index in [0.717, 1.165) is 58.4 Å². The highest BCUT2D eigenvalue weighted by molar-refractivity contribution is 5.86. The fourth-order valence-corrected chi connectivity index (χ4v) is 5.34. The molecule has 2 bridgehead atoms. The van der Waals surface area contributed by atoms with Crippen LogP contribution in [0.5, 0.6) is 0 Å². The van der Waals surface area contributed by atoms with Crippen LogP contribution in [0.4, 0.5) is 0 Å². The van der Waals surface area contributed by atoms with Crippen molar-refractivity contribution in [1.29, 1.82) is 0 Å². The second-order valence-corrected chi connectivity index (χ2v) is 8.13. The molecular formula is C21H28N2O3. The summed E-state index contributed by atoms with van der Waals surface area (Å²) in [5, 5.41) is 9.59. The molecule has 4 rings (SSSR count). The van der Waals surface area contributed by atoms with E-state index in [-0.39, 0.29) is 17.7 Å². The Morgan fingerprint density at radius 3 is 2.27 bits per heavy atom. The van der Waals surface area contributed by atoms with E-state index >= 15 is 0 Å². The third-order valence-corrected chi connectivity index (χ3v) is 6.73. The fraction of sp³-hybridized carbons (Fsp3) is 0.619. The van der Waals surface area contributed by atoms with Gasteiger partial charge in [-0.1, -0.05) is 30.3 Å². The highest BCUT2D eigenvalue weighted by Crippen LogP contribution is 2.53. The van der Waals surface area contributed by atoms with Gasteiger partial charge in [-0.3, -0.25) is 14.5 Å². The minimum atomic E-state index is -0.767. The summed E-state index contributed by atoms with van der Waals surface area (Å²) < 4.78 is 0. The van der Waals surface area contributed by atoms with Gasteiger partial charge in [-0.2, -0.15) is 0 Å². The molecule has 1 aliphatic heterocycles. The smallest absolute Gasteiger partial charge is 0.307 e. The molecule has 0 radical (unpaired) electrons. The molecule has 0 unspecified atom stereocenters. The van der Waals surface area contributed by atoms with E-state index in [1.54, 1.807) is 0 Å². The highest BCUT2D eigenvalue weighted by Gasteiger charge is 2.54. The van der Waals surface area contributed by atoms with Crippen molar-refractivity contribution in [2.75, 3.05) is 32.7 Å². The SMILES string of the molecule is O=C(O)[C@@H]1[C@H]2CC[C@@H](C2)[C@@H]1C(=O)N1CCN(CCc2ccccc2)CC1. The molecule has 2 saturated carbocycles. The highest BCUT2D eigenvalue weighted by atomic mass is 16.4. The molecule has 1 aromatic rings. The maximum absolute atomic E-state index is 13.0. The van der Waals surface area contributed by atoms with Gasteiger partial charge in [-0.15, -0.1) is 0 Å². The molecule has 1 aromatic carbocycles. The van der Waals surface area contributed by atoms with Crippen LogP contribution < -0.4 is 0 Å². The number of fused-ring (bicyclic) bond motifs is 2. The van der Waals surface area contributed by atoms with Crippen molar-refractivity contribution in [3.8, 4) is 0 Å². The van der Waals surface area contributed by atoms with Crippen LogP contribution in [-0.2, 0) is 16.0 Å². The second-order valence-electron chi connectivity index (χ2n) is 8.13. The Hall–Kier alpha value is -1.88. The maximum atomic E-state index is 13.0. The van der Waals surface area contributed by atoms with Gasteiger partial charge < -0.3 is 10.0 Å². The van der Waals surface area contributed by atoms with Crippen LogP contribution in [0.2, 0.25) is 0 Å². The predicted octanol–water partition coefficient (Wildman–Crippen LogP) is 2.12. The monoisotopic (exact) mass is 356 g/mol. The Balaban J connectivity index is 1.30. The molecule has 1 N–H and O–H groups in total. The summed E-state index contributed by atoms with van der Waals surface area (Å²) in [6, 6.07) is 10.5. The van der Waals surface area contributed by atoms with Crippen LogP contribution in [0.25, 0.3) is 0 Å². The lowest BCUT2D eigenvalue weighted by molar-refractivity contribution is -0.153. The molecule has 4 atom stereocenters. The number of benzene rings is 1. The van der Waals surface area contributed by atoms with Crippen molar-refractivity contribution in [1.82, 2.24) is 9.80 Å². The average Bonchev–Trinajstić information content (AvgIpc) is 3.28. The van der Waals surface area contributed by atoms with Crippen LogP contribution in [-0.4, -0.2) is 59.5 Å². The quantitative estimate of drug-likeness (QED) is 0.878. The van der Waals surface area contributed by atoms with Gasteiger partial charge in [0.25, 0.3) is 0 Å². The van der Waals surface area contributed by atoms with Crippen LogP contribution >= 0.6 is 0 Å². The average molecular weight is 356 g/mol. The van der Waals surface area contributed by atoms with Gasteiger partial charge in [0, 0.05) is 32.7 Å². The van der Waals surface area contributed by atoms with Gasteiger partial charge in [-0.05, 0) is 43.1 Å². The summed E-state index contributed by atoms with van der Waals surface area (Å²) in [5.74, 6) is -0.868. The summed E-state index contributed by atoms with van der Waals surface area (Å²) in [6.45, 7) is 4.24. The lowest BCUT2D eigenvalue weighted by Gasteiger charge is -2.38. The molecule has 0 aromatic heterocycles. The van der Waals surface area contributed by atoms with Gasteiger partial charge in [0.2, 0.25) is 5.91 Å². The molecule has 2 aliphatic carbocycles. The van der Waals surface area contributed by atoms with Crippen LogP contribution in [0.1, 0.15) is 24.8 Å². The molecule has 5 nitrogen and oxygen atoms in total. The minimum absolute atomic E-state index is 0.104. The van der Waals surface area contributed by atoms with Gasteiger partial charge in [0.05, 0.1) is 11.8 Å². The van der Waals surface area contributed by atoms with Gasteiger partial charge in [-0.25, -0.2) is 0 Å². The topological polar surface area (TPSA) is 60.9 Å². The summed E-state index contributed by atoms with van der Waals surface area (Å²) in [4.78, 5) is 29.1. The van der Waals surface area contributed by atoms with Gasteiger partial charge >= 0.3 is 5.97 Å². The molecule has 26 heavy (non-hydrogen) atoms. The first-order valence-corrected chi connectivity index (χ1v) is 9.91. The molecule has 1 amide bonds. The summed E-state index contributed by atoms with van der Waals surface area (Å²) >= 11 is 0. The Bertz CT molecular complexity index is 654. The third-order valence-electron chi connectivity index (χ3n) is 6.73. The Morgan fingerprint density at radius 2 is 1.62 bits per heavy atom. The normalized spacial score (nSPS) is 31.3. The lowest BCUT2D eigenvalue weighted by atomic mass is 9.78. The van der Waals surface area contributed by atoms with Crippen LogP contribution in [0.15, 0.2) is 30.3 Å². The van der Waals surface area contributed by atoms with Crippen molar-refractivity contribution in [3.63, 3.8) is 0 Å². The molecule has 3 aliphatic rings. The Labute approximate surface area is 155 Å². The Kier molecular flexibility index (Phi) is 4.98. The number of carboxylic acid groups (broad SMARTS) is 1. The van der Waals surface area contributed by atoms with Crippen LogP contribution in [0.3, 0.4) is 0 Å². The first-order valence-electron chi connectivity index (χ1n) is 9.91. The zero-order chi connectivity index (χ0) is 18.1. The number of rotatable bonds is 5. The molecule has 3 fully saturated rings. The predicted molar refractivity (Wildman–Crippen MR) is 98.6 cm³/mol. The third kappa shape index (κ3) is 3.37. The van der Waals surface area contributed by atoms with Crippen molar-refractivity contribution in [3.05, 3.63) is 35.9 Å². The number of carbonyl (C=O) groups excluding carboxylic acids is 1. The van der Waals surface area contributed by atoms with Gasteiger partial charge in [0.15, 0.2) is 0 Å². The van der Waals surface area contributed by atoms with E-state index < -0.39 is 11.9 Å². The van der Waals surface area contributed by atoms with E-state index in [0.29, 0.717) is 5.92 Å². The second kappa shape index (κ2) is 7.39. The molecule has 1 saturated heterocycles. The summed E-state index contributed by atoms with van der Waals surface area (Å²) in [7, 11) is 0. The zero-order valence-corrected chi connectivity index (χ0v) is 15.2. The molecule has 1 heterocycles. The van der Waals surface area contributed by atoms with E-state index in [1.807, 2.05) is 11.0 Å². The number of carboxylic acids is 1. The van der Waals surface area contributed by atoms with Crippen molar-refractivity contribution >= 4 is 11.9 Å². The van der Waals surface area contributed by atoms with Gasteiger partial charge in [0.1, 0.15) is 0 Å². The molecular weight excluding hydrogens is 328 g/mol. The number of nitrogens with zero attached hydrogens (tertiary/aromatic N) is 2. The van der Waals surface area contributed by atoms with E-state index in [1.165, 1.54) is 5.56 Å². The number of carbonyl (C=O) groups is 2. The first-order chi connectivity index (χ1) is 12.6. The molecule has 140 valence electrons. The van der Waals surface area contributed by atoms with E-state index in [9.17, 15) is 14.7 Å². The zero-order valence-electron chi connectivity index (χ0n) is 15.2. The number of aliphatic carboxylic acids is 1. The van der Waals surface area contributed by atoms with Crippen molar-refractivity contribution < 1.29 is 14.7 Å².